The summed E-state index contributed by atoms with van der Waals surface area (Å²) in [6.07, 6.45) is 3.95. The zero-order valence-electron chi connectivity index (χ0n) is 11.3. The predicted octanol–water partition coefficient (Wildman–Crippen LogP) is 0.994. The highest BCUT2D eigenvalue weighted by Gasteiger charge is 2.20. The number of hydrogen-bond acceptors (Lipinski definition) is 3. The monoisotopic (exact) mass is 242 g/mol. The minimum Gasteiger partial charge on any atom is -0.393 e. The van der Waals surface area contributed by atoms with Gasteiger partial charge in [0, 0.05) is 13.1 Å². The molecule has 0 radical (unpaired) electrons. The van der Waals surface area contributed by atoms with Crippen molar-refractivity contribution in [3.05, 3.63) is 0 Å². The van der Waals surface area contributed by atoms with Crippen LogP contribution in [-0.2, 0) is 4.79 Å². The minimum absolute atomic E-state index is 0.135. The Balaban J connectivity index is 2.16. The fourth-order valence-electron chi connectivity index (χ4n) is 2.24. The molecule has 2 N–H and O–H groups in total. The van der Waals surface area contributed by atoms with Crippen molar-refractivity contribution in [2.45, 2.75) is 51.7 Å². The zero-order valence-corrected chi connectivity index (χ0v) is 11.3. The number of carbonyl (C=O) groups is 1. The smallest absolute Gasteiger partial charge is 0.236 e. The highest BCUT2D eigenvalue weighted by Crippen LogP contribution is 2.23. The van der Waals surface area contributed by atoms with E-state index in [0.717, 1.165) is 32.2 Å². The topological polar surface area (TPSA) is 52.6 Å². The molecular formula is C13H26N2O2. The lowest BCUT2D eigenvalue weighted by Gasteiger charge is -2.26. The number of nitrogens with zero attached hydrogens (tertiary/aromatic N) is 1. The Morgan fingerprint density at radius 2 is 2.18 bits per heavy atom. The molecule has 0 aromatic carbocycles. The summed E-state index contributed by atoms with van der Waals surface area (Å²) < 4.78 is 0. The summed E-state index contributed by atoms with van der Waals surface area (Å²) in [6.45, 7) is 5.26. The van der Waals surface area contributed by atoms with Gasteiger partial charge in [-0.3, -0.25) is 4.79 Å². The third-order valence-corrected chi connectivity index (χ3v) is 3.63. The Bertz CT molecular complexity index is 244. The van der Waals surface area contributed by atoms with Crippen molar-refractivity contribution < 1.29 is 9.90 Å². The minimum atomic E-state index is -0.135. The highest BCUT2D eigenvalue weighted by atomic mass is 16.3. The number of hydrogen-bond donors (Lipinski definition) is 2. The van der Waals surface area contributed by atoms with Crippen molar-refractivity contribution in [1.29, 1.82) is 0 Å². The molecule has 0 bridgehead atoms. The van der Waals surface area contributed by atoms with Gasteiger partial charge in [-0.05, 0) is 45.6 Å². The van der Waals surface area contributed by atoms with Crippen LogP contribution in [0.4, 0.5) is 0 Å². The highest BCUT2D eigenvalue weighted by molar-refractivity contribution is 5.78. The molecule has 2 unspecified atom stereocenters. The second-order valence-corrected chi connectivity index (χ2v) is 5.42. The Morgan fingerprint density at radius 1 is 1.47 bits per heavy atom. The summed E-state index contributed by atoms with van der Waals surface area (Å²) in [7, 11) is 1.83. The molecule has 4 nitrogen and oxygen atoms in total. The largest absolute Gasteiger partial charge is 0.393 e. The van der Waals surface area contributed by atoms with Gasteiger partial charge in [0.05, 0.1) is 12.6 Å². The lowest BCUT2D eigenvalue weighted by atomic mass is 9.87. The summed E-state index contributed by atoms with van der Waals surface area (Å²) in [5.74, 6) is 0.660. The van der Waals surface area contributed by atoms with E-state index >= 15 is 0 Å². The number of nitrogens with one attached hydrogen (secondary N) is 1. The van der Waals surface area contributed by atoms with Gasteiger partial charge in [-0.2, -0.15) is 0 Å². The molecule has 2 atom stereocenters. The van der Waals surface area contributed by atoms with Crippen molar-refractivity contribution in [2.75, 3.05) is 20.1 Å². The zero-order chi connectivity index (χ0) is 12.8. The Labute approximate surface area is 104 Å². The van der Waals surface area contributed by atoms with Gasteiger partial charge in [0.25, 0.3) is 0 Å². The maximum atomic E-state index is 11.7. The molecule has 17 heavy (non-hydrogen) atoms. The molecule has 4 heteroatoms. The summed E-state index contributed by atoms with van der Waals surface area (Å²) in [5, 5.41) is 12.8. The lowest BCUT2D eigenvalue weighted by molar-refractivity contribution is -0.130. The van der Waals surface area contributed by atoms with Crippen molar-refractivity contribution in [3.8, 4) is 0 Å². The molecular weight excluding hydrogens is 216 g/mol. The van der Waals surface area contributed by atoms with Gasteiger partial charge >= 0.3 is 0 Å². The number of aliphatic hydroxyl groups is 1. The predicted molar refractivity (Wildman–Crippen MR) is 68.7 cm³/mol. The van der Waals surface area contributed by atoms with Crippen molar-refractivity contribution in [2.24, 2.45) is 5.92 Å². The second kappa shape index (κ2) is 6.97. The average molecular weight is 242 g/mol. The molecule has 0 aliphatic heterocycles. The molecule has 0 spiro atoms. The van der Waals surface area contributed by atoms with E-state index in [1.807, 2.05) is 20.9 Å². The molecule has 1 amide bonds. The van der Waals surface area contributed by atoms with E-state index in [-0.39, 0.29) is 18.1 Å². The molecule has 0 heterocycles. The molecule has 0 aromatic rings. The van der Waals surface area contributed by atoms with Crippen molar-refractivity contribution in [3.63, 3.8) is 0 Å². The Morgan fingerprint density at radius 3 is 2.76 bits per heavy atom. The van der Waals surface area contributed by atoms with E-state index in [0.29, 0.717) is 12.5 Å². The fourth-order valence-corrected chi connectivity index (χ4v) is 2.24. The number of likely N-dealkylation sites (N-methyl/N-ethyl adjacent to an activating group) is 1. The van der Waals surface area contributed by atoms with Crippen molar-refractivity contribution >= 4 is 5.91 Å². The summed E-state index contributed by atoms with van der Waals surface area (Å²) in [5.41, 5.74) is 0. The van der Waals surface area contributed by atoms with Crippen LogP contribution < -0.4 is 5.32 Å². The molecule has 1 aliphatic carbocycles. The second-order valence-electron chi connectivity index (χ2n) is 5.42. The first-order chi connectivity index (χ1) is 8.00. The fraction of sp³-hybridized carbons (Fsp3) is 0.923. The van der Waals surface area contributed by atoms with Crippen LogP contribution in [0.2, 0.25) is 0 Å². The standard InChI is InChI=1S/C13H26N2O2/c1-10(2)15(3)13(17)9-14-8-11-5-4-6-12(16)7-11/h10-12,14,16H,4-9H2,1-3H3. The SMILES string of the molecule is CC(C)N(C)C(=O)CNCC1CCCC(O)C1. The third kappa shape index (κ3) is 5.04. The third-order valence-electron chi connectivity index (χ3n) is 3.63. The molecule has 1 saturated carbocycles. The first-order valence-electron chi connectivity index (χ1n) is 6.65. The van der Waals surface area contributed by atoms with Gasteiger partial charge in [-0.1, -0.05) is 6.42 Å². The molecule has 0 aromatic heterocycles. The van der Waals surface area contributed by atoms with E-state index < -0.39 is 0 Å². The van der Waals surface area contributed by atoms with Gasteiger partial charge in [0.2, 0.25) is 5.91 Å². The summed E-state index contributed by atoms with van der Waals surface area (Å²) in [4.78, 5) is 13.5. The maximum Gasteiger partial charge on any atom is 0.236 e. The van der Waals surface area contributed by atoms with E-state index in [1.165, 1.54) is 0 Å². The van der Waals surface area contributed by atoms with Crippen LogP contribution in [-0.4, -0.2) is 48.2 Å². The van der Waals surface area contributed by atoms with Crippen LogP contribution in [0.15, 0.2) is 0 Å². The van der Waals surface area contributed by atoms with Crippen LogP contribution in [0.1, 0.15) is 39.5 Å². The summed E-state index contributed by atoms with van der Waals surface area (Å²) >= 11 is 0. The normalized spacial score (nSPS) is 25.0. The Hall–Kier alpha value is -0.610. The number of amides is 1. The first kappa shape index (κ1) is 14.5. The molecule has 1 fully saturated rings. The molecule has 100 valence electrons. The number of rotatable bonds is 5. The quantitative estimate of drug-likeness (QED) is 0.756. The van der Waals surface area contributed by atoms with E-state index in [1.54, 1.807) is 4.90 Å². The van der Waals surface area contributed by atoms with Crippen molar-refractivity contribution in [1.82, 2.24) is 10.2 Å². The van der Waals surface area contributed by atoms with E-state index in [4.69, 9.17) is 0 Å². The van der Waals surface area contributed by atoms with Crippen LogP contribution in [0, 0.1) is 5.92 Å². The lowest BCUT2D eigenvalue weighted by Crippen LogP contribution is -2.41. The van der Waals surface area contributed by atoms with Gasteiger partial charge in [-0.15, -0.1) is 0 Å². The average Bonchev–Trinajstić information content (AvgIpc) is 2.27. The Kier molecular flexibility index (Phi) is 5.92. The van der Waals surface area contributed by atoms with E-state index in [9.17, 15) is 9.90 Å². The van der Waals surface area contributed by atoms with Crippen LogP contribution >= 0.6 is 0 Å². The number of carbonyl (C=O) groups excluding carboxylic acids is 1. The van der Waals surface area contributed by atoms with Gasteiger partial charge in [-0.25, -0.2) is 0 Å². The van der Waals surface area contributed by atoms with Gasteiger partial charge in [0.1, 0.15) is 0 Å². The summed E-state index contributed by atoms with van der Waals surface area (Å²) in [6, 6.07) is 0.251. The molecule has 1 aliphatic rings. The van der Waals surface area contributed by atoms with Crippen LogP contribution in [0.5, 0.6) is 0 Å². The molecule has 0 saturated heterocycles. The first-order valence-corrected chi connectivity index (χ1v) is 6.65. The van der Waals surface area contributed by atoms with E-state index in [2.05, 4.69) is 5.32 Å². The van der Waals surface area contributed by atoms with Gasteiger partial charge in [0.15, 0.2) is 0 Å². The molecule has 1 rings (SSSR count). The maximum absolute atomic E-state index is 11.7. The van der Waals surface area contributed by atoms with Crippen LogP contribution in [0.3, 0.4) is 0 Å². The van der Waals surface area contributed by atoms with Crippen LogP contribution in [0.25, 0.3) is 0 Å². The van der Waals surface area contributed by atoms with Gasteiger partial charge < -0.3 is 15.3 Å². The number of aliphatic hydroxyl groups excluding tert-OH is 1.